The molecule has 3 aromatic rings. The van der Waals surface area contributed by atoms with E-state index >= 15 is 0 Å². The summed E-state index contributed by atoms with van der Waals surface area (Å²) in [6.45, 7) is 4.49. The topological polar surface area (TPSA) is 66.0 Å². The van der Waals surface area contributed by atoms with Crippen molar-refractivity contribution in [2.45, 2.75) is 19.4 Å². The van der Waals surface area contributed by atoms with Gasteiger partial charge < -0.3 is 14.5 Å². The number of benzene rings is 2. The van der Waals surface area contributed by atoms with E-state index in [1.54, 1.807) is 23.3 Å². The van der Waals surface area contributed by atoms with Gasteiger partial charge in [-0.1, -0.05) is 6.07 Å². The van der Waals surface area contributed by atoms with E-state index in [2.05, 4.69) is 10.3 Å². The van der Waals surface area contributed by atoms with E-state index in [1.165, 1.54) is 0 Å². The van der Waals surface area contributed by atoms with Crippen LogP contribution in [-0.2, 0) is 11.3 Å². The van der Waals surface area contributed by atoms with Gasteiger partial charge in [0, 0.05) is 67.9 Å². The molecule has 0 spiro atoms. The molecule has 0 atom stereocenters. The number of carbonyl (C=O) groups excluding carboxylic acids is 2. The Morgan fingerprint density at radius 3 is 2.56 bits per heavy atom. The van der Waals surface area contributed by atoms with E-state index in [0.717, 1.165) is 60.3 Å². The lowest BCUT2D eigenvalue weighted by Gasteiger charge is -2.34. The molecule has 7 nitrogen and oxygen atoms in total. The van der Waals surface area contributed by atoms with Crippen molar-refractivity contribution < 1.29 is 14.3 Å². The molecule has 2 saturated heterocycles. The Bertz CT molecular complexity index is 1170. The second-order valence-electron chi connectivity index (χ2n) is 8.64. The number of rotatable bonds is 6. The minimum Gasteiger partial charge on any atom is -0.497 e. The smallest absolute Gasteiger partial charge is 0.254 e. The first-order valence-corrected chi connectivity index (χ1v) is 12.5. The van der Waals surface area contributed by atoms with E-state index in [0.29, 0.717) is 25.1 Å². The number of thiazole rings is 1. The van der Waals surface area contributed by atoms with Crippen LogP contribution in [0.25, 0.3) is 10.6 Å². The third-order valence-corrected chi connectivity index (χ3v) is 7.35. The maximum absolute atomic E-state index is 13.1. The van der Waals surface area contributed by atoms with Crippen LogP contribution >= 0.6 is 11.3 Å². The summed E-state index contributed by atoms with van der Waals surface area (Å²) in [4.78, 5) is 36.0. The highest BCUT2D eigenvalue weighted by Crippen LogP contribution is 2.27. The Hall–Kier alpha value is -3.23. The molecule has 3 heterocycles. The van der Waals surface area contributed by atoms with Crippen LogP contribution in [0.1, 0.15) is 28.9 Å². The average Bonchev–Trinajstić information content (AvgIpc) is 3.53. The second-order valence-corrected chi connectivity index (χ2v) is 9.50. The Kier molecular flexibility index (Phi) is 6.60. The van der Waals surface area contributed by atoms with Crippen molar-refractivity contribution >= 4 is 28.8 Å². The van der Waals surface area contributed by atoms with E-state index < -0.39 is 0 Å². The average molecular weight is 477 g/mol. The lowest BCUT2D eigenvalue weighted by atomic mass is 10.1. The van der Waals surface area contributed by atoms with Crippen molar-refractivity contribution in [3.05, 3.63) is 65.2 Å². The SMILES string of the molecule is COc1ccc(-c2nc(CN3CCN(C(=O)c4cccc(N5CCCC5=O)c4)CC3)cs2)cc1. The molecule has 5 rings (SSSR count). The Labute approximate surface area is 203 Å². The first-order valence-electron chi connectivity index (χ1n) is 11.6. The Balaban J connectivity index is 1.16. The molecule has 0 aliphatic carbocycles. The van der Waals surface area contributed by atoms with Gasteiger partial charge in [0.2, 0.25) is 5.91 Å². The van der Waals surface area contributed by atoms with Gasteiger partial charge in [-0.15, -0.1) is 11.3 Å². The number of carbonyl (C=O) groups is 2. The number of hydrogen-bond donors (Lipinski definition) is 0. The molecule has 1 aromatic heterocycles. The highest BCUT2D eigenvalue weighted by atomic mass is 32.1. The molecule has 2 aromatic carbocycles. The van der Waals surface area contributed by atoms with Crippen molar-refractivity contribution in [2.24, 2.45) is 0 Å². The van der Waals surface area contributed by atoms with Gasteiger partial charge in [0.25, 0.3) is 5.91 Å². The summed E-state index contributed by atoms with van der Waals surface area (Å²) in [6, 6.07) is 15.4. The Morgan fingerprint density at radius 1 is 1.06 bits per heavy atom. The van der Waals surface area contributed by atoms with Crippen molar-refractivity contribution in [1.82, 2.24) is 14.8 Å². The third-order valence-electron chi connectivity index (χ3n) is 6.41. The number of nitrogens with zero attached hydrogens (tertiary/aromatic N) is 4. The maximum Gasteiger partial charge on any atom is 0.254 e. The van der Waals surface area contributed by atoms with E-state index in [-0.39, 0.29) is 11.8 Å². The first kappa shape index (κ1) is 22.6. The van der Waals surface area contributed by atoms with Gasteiger partial charge >= 0.3 is 0 Å². The van der Waals surface area contributed by atoms with Crippen LogP contribution in [0.5, 0.6) is 5.75 Å². The molecule has 2 aliphatic heterocycles. The molecule has 176 valence electrons. The maximum atomic E-state index is 13.1. The normalized spacial score (nSPS) is 16.8. The molecule has 2 amide bonds. The molecular formula is C26H28N4O3S. The number of piperazine rings is 1. The molecule has 0 unspecified atom stereocenters. The van der Waals surface area contributed by atoms with Crippen LogP contribution in [-0.4, -0.2) is 66.4 Å². The lowest BCUT2D eigenvalue weighted by molar-refractivity contribution is -0.117. The third kappa shape index (κ3) is 4.83. The van der Waals surface area contributed by atoms with Gasteiger partial charge in [-0.25, -0.2) is 4.98 Å². The van der Waals surface area contributed by atoms with Crippen LogP contribution in [0.3, 0.4) is 0 Å². The van der Waals surface area contributed by atoms with Gasteiger partial charge in [-0.05, 0) is 48.9 Å². The molecule has 0 N–H and O–H groups in total. The van der Waals surface area contributed by atoms with Gasteiger partial charge in [0.15, 0.2) is 0 Å². The fraction of sp³-hybridized carbons (Fsp3) is 0.346. The van der Waals surface area contributed by atoms with Gasteiger partial charge in [-0.3, -0.25) is 14.5 Å². The summed E-state index contributed by atoms with van der Waals surface area (Å²) in [6.07, 6.45) is 1.46. The van der Waals surface area contributed by atoms with Crippen molar-refractivity contribution in [3.8, 4) is 16.3 Å². The molecular weight excluding hydrogens is 448 g/mol. The molecule has 0 bridgehead atoms. The summed E-state index contributed by atoms with van der Waals surface area (Å²) in [5.74, 6) is 1.00. The standard InChI is InChI=1S/C26H28N4O3S/c1-33-23-9-7-19(8-10-23)25-27-21(18-34-25)17-28-12-14-29(15-13-28)26(32)20-4-2-5-22(16-20)30-11-3-6-24(30)31/h2,4-5,7-10,16,18H,3,6,11-15,17H2,1H3. The number of methoxy groups -OCH3 is 1. The predicted octanol–water partition coefficient (Wildman–Crippen LogP) is 3.90. The zero-order valence-electron chi connectivity index (χ0n) is 19.3. The van der Waals surface area contributed by atoms with Gasteiger partial charge in [0.05, 0.1) is 12.8 Å². The number of anilines is 1. The van der Waals surface area contributed by atoms with Crippen molar-refractivity contribution in [3.63, 3.8) is 0 Å². The predicted molar refractivity (Wildman–Crippen MR) is 133 cm³/mol. The molecule has 34 heavy (non-hydrogen) atoms. The molecule has 8 heteroatoms. The van der Waals surface area contributed by atoms with Crippen LogP contribution < -0.4 is 9.64 Å². The minimum atomic E-state index is 0.0311. The van der Waals surface area contributed by atoms with Crippen molar-refractivity contribution in [2.75, 3.05) is 44.7 Å². The minimum absolute atomic E-state index is 0.0311. The molecule has 0 radical (unpaired) electrons. The quantitative estimate of drug-likeness (QED) is 0.540. The zero-order chi connectivity index (χ0) is 23.5. The number of aromatic nitrogens is 1. The number of amides is 2. The summed E-state index contributed by atoms with van der Waals surface area (Å²) in [5.41, 5.74) is 3.61. The van der Waals surface area contributed by atoms with Crippen LogP contribution in [0.4, 0.5) is 5.69 Å². The fourth-order valence-corrected chi connectivity index (χ4v) is 5.31. The van der Waals surface area contributed by atoms with E-state index in [1.807, 2.05) is 53.4 Å². The highest BCUT2D eigenvalue weighted by molar-refractivity contribution is 7.13. The molecule has 2 fully saturated rings. The second kappa shape index (κ2) is 9.95. The fourth-order valence-electron chi connectivity index (χ4n) is 4.49. The first-order chi connectivity index (χ1) is 16.6. The van der Waals surface area contributed by atoms with Gasteiger partial charge in [0.1, 0.15) is 10.8 Å². The molecule has 0 saturated carbocycles. The van der Waals surface area contributed by atoms with E-state index in [4.69, 9.17) is 9.72 Å². The zero-order valence-corrected chi connectivity index (χ0v) is 20.1. The van der Waals surface area contributed by atoms with Crippen LogP contribution in [0.15, 0.2) is 53.9 Å². The number of hydrogen-bond acceptors (Lipinski definition) is 6. The van der Waals surface area contributed by atoms with E-state index in [9.17, 15) is 9.59 Å². The largest absolute Gasteiger partial charge is 0.497 e. The summed E-state index contributed by atoms with van der Waals surface area (Å²) < 4.78 is 5.23. The monoisotopic (exact) mass is 476 g/mol. The Morgan fingerprint density at radius 2 is 1.85 bits per heavy atom. The van der Waals surface area contributed by atoms with Gasteiger partial charge in [-0.2, -0.15) is 0 Å². The number of ether oxygens (including phenoxy) is 1. The van der Waals surface area contributed by atoms with Crippen LogP contribution in [0.2, 0.25) is 0 Å². The highest BCUT2D eigenvalue weighted by Gasteiger charge is 2.25. The lowest BCUT2D eigenvalue weighted by Crippen LogP contribution is -2.48. The summed E-state index contributed by atoms with van der Waals surface area (Å²) >= 11 is 1.65. The van der Waals surface area contributed by atoms with Crippen LogP contribution in [0, 0.1) is 0 Å². The molecule has 2 aliphatic rings. The summed E-state index contributed by atoms with van der Waals surface area (Å²) in [5, 5.41) is 3.12. The van der Waals surface area contributed by atoms with Crippen molar-refractivity contribution in [1.29, 1.82) is 0 Å². The summed E-state index contributed by atoms with van der Waals surface area (Å²) in [7, 11) is 1.66.